The Hall–Kier alpha value is -2.24. The van der Waals surface area contributed by atoms with Crippen LogP contribution in [0.3, 0.4) is 0 Å². The maximum atomic E-state index is 13.2. The monoisotopic (exact) mass is 490 g/mol. The Balaban J connectivity index is 1.74. The topological polar surface area (TPSA) is 58.6 Å². The van der Waals surface area contributed by atoms with Gasteiger partial charge < -0.3 is 15.0 Å². The molecule has 2 amide bonds. The summed E-state index contributed by atoms with van der Waals surface area (Å²) in [6.07, 6.45) is 5.41. The standard InChI is InChI=1S/C26H32Cl2N2O3/c1-17-11-18(2)13-22(12-17)33-16-25(31)30(15-20-9-10-23(27)24(28)14-20)19(3)26(32)29-21-7-5-4-6-8-21/h9-14,19,21H,4-8,15-16H2,1-3H3,(H,29,32)/t19-/m1/s1. The summed E-state index contributed by atoms with van der Waals surface area (Å²) in [6.45, 7) is 5.78. The highest BCUT2D eigenvalue weighted by atomic mass is 35.5. The van der Waals surface area contributed by atoms with Crippen LogP contribution in [0.5, 0.6) is 5.75 Å². The van der Waals surface area contributed by atoms with Crippen molar-refractivity contribution in [3.05, 3.63) is 63.1 Å². The van der Waals surface area contributed by atoms with Gasteiger partial charge in [-0.05, 0) is 74.6 Å². The number of amides is 2. The third-order valence-electron chi connectivity index (χ3n) is 6.01. The molecule has 0 unspecified atom stereocenters. The van der Waals surface area contributed by atoms with Gasteiger partial charge in [0.15, 0.2) is 6.61 Å². The summed E-state index contributed by atoms with van der Waals surface area (Å²) >= 11 is 12.2. The lowest BCUT2D eigenvalue weighted by molar-refractivity contribution is -0.142. The quantitative estimate of drug-likeness (QED) is 0.504. The molecule has 1 aliphatic carbocycles. The maximum absolute atomic E-state index is 13.2. The highest BCUT2D eigenvalue weighted by Gasteiger charge is 2.28. The molecule has 1 atom stereocenters. The van der Waals surface area contributed by atoms with E-state index in [-0.39, 0.29) is 31.0 Å². The molecule has 1 fully saturated rings. The zero-order chi connectivity index (χ0) is 24.0. The Morgan fingerprint density at radius 2 is 1.70 bits per heavy atom. The summed E-state index contributed by atoms with van der Waals surface area (Å²) in [5.74, 6) is 0.211. The lowest BCUT2D eigenvalue weighted by atomic mass is 9.95. The third kappa shape index (κ3) is 7.38. The zero-order valence-corrected chi connectivity index (χ0v) is 21.0. The number of aryl methyl sites for hydroxylation is 2. The first-order chi connectivity index (χ1) is 15.7. The van der Waals surface area contributed by atoms with E-state index in [2.05, 4.69) is 5.32 Å². The summed E-state index contributed by atoms with van der Waals surface area (Å²) in [4.78, 5) is 27.8. The van der Waals surface area contributed by atoms with Crippen LogP contribution in [0.2, 0.25) is 10.0 Å². The van der Waals surface area contributed by atoms with Gasteiger partial charge in [-0.15, -0.1) is 0 Å². The zero-order valence-electron chi connectivity index (χ0n) is 19.5. The fourth-order valence-electron chi connectivity index (χ4n) is 4.23. The van der Waals surface area contributed by atoms with Gasteiger partial charge in [-0.2, -0.15) is 0 Å². The molecule has 1 saturated carbocycles. The second-order valence-electron chi connectivity index (χ2n) is 8.90. The molecule has 0 heterocycles. The molecule has 5 nitrogen and oxygen atoms in total. The minimum atomic E-state index is -0.656. The summed E-state index contributed by atoms with van der Waals surface area (Å²) < 4.78 is 5.80. The van der Waals surface area contributed by atoms with E-state index in [1.807, 2.05) is 38.1 Å². The number of hydrogen-bond acceptors (Lipinski definition) is 3. The Kier molecular flexibility index (Phi) is 9.04. The van der Waals surface area contributed by atoms with Gasteiger partial charge in [-0.3, -0.25) is 9.59 Å². The van der Waals surface area contributed by atoms with E-state index >= 15 is 0 Å². The number of hydrogen-bond donors (Lipinski definition) is 1. The lowest BCUT2D eigenvalue weighted by Crippen LogP contribution is -2.51. The van der Waals surface area contributed by atoms with Gasteiger partial charge in [0, 0.05) is 12.6 Å². The van der Waals surface area contributed by atoms with Crippen molar-refractivity contribution in [2.75, 3.05) is 6.61 Å². The molecule has 2 aromatic rings. The van der Waals surface area contributed by atoms with Crippen LogP contribution in [0.15, 0.2) is 36.4 Å². The maximum Gasteiger partial charge on any atom is 0.261 e. The minimum absolute atomic E-state index is 0.151. The second-order valence-corrected chi connectivity index (χ2v) is 9.72. The molecule has 178 valence electrons. The Labute approximate surface area is 206 Å². The molecule has 0 aliphatic heterocycles. The predicted octanol–water partition coefficient (Wildman–Crippen LogP) is 5.86. The molecular weight excluding hydrogens is 459 g/mol. The normalized spacial score (nSPS) is 15.1. The van der Waals surface area contributed by atoms with Gasteiger partial charge in [-0.25, -0.2) is 0 Å². The Morgan fingerprint density at radius 1 is 1.03 bits per heavy atom. The summed E-state index contributed by atoms with van der Waals surface area (Å²) in [7, 11) is 0. The van der Waals surface area contributed by atoms with Crippen LogP contribution in [-0.4, -0.2) is 35.4 Å². The molecule has 0 saturated heterocycles. The van der Waals surface area contributed by atoms with Crippen molar-refractivity contribution in [1.82, 2.24) is 10.2 Å². The minimum Gasteiger partial charge on any atom is -0.484 e. The number of carbonyl (C=O) groups excluding carboxylic acids is 2. The van der Waals surface area contributed by atoms with E-state index in [0.717, 1.165) is 42.4 Å². The first-order valence-corrected chi connectivity index (χ1v) is 12.2. The molecule has 0 radical (unpaired) electrons. The van der Waals surface area contributed by atoms with Crippen LogP contribution in [0.1, 0.15) is 55.7 Å². The van der Waals surface area contributed by atoms with Crippen LogP contribution in [-0.2, 0) is 16.1 Å². The van der Waals surface area contributed by atoms with Crippen LogP contribution in [0, 0.1) is 13.8 Å². The van der Waals surface area contributed by atoms with Crippen LogP contribution < -0.4 is 10.1 Å². The third-order valence-corrected chi connectivity index (χ3v) is 6.75. The van der Waals surface area contributed by atoms with Gasteiger partial charge in [0.05, 0.1) is 10.0 Å². The van der Waals surface area contributed by atoms with E-state index in [1.165, 1.54) is 6.42 Å². The van der Waals surface area contributed by atoms with Gasteiger partial charge in [-0.1, -0.05) is 54.6 Å². The van der Waals surface area contributed by atoms with Gasteiger partial charge >= 0.3 is 0 Å². The van der Waals surface area contributed by atoms with Crippen molar-refractivity contribution in [3.63, 3.8) is 0 Å². The number of rotatable bonds is 8. The number of nitrogens with zero attached hydrogens (tertiary/aromatic N) is 1. The largest absolute Gasteiger partial charge is 0.484 e. The van der Waals surface area contributed by atoms with Crippen molar-refractivity contribution >= 4 is 35.0 Å². The lowest BCUT2D eigenvalue weighted by Gasteiger charge is -2.31. The Bertz CT molecular complexity index is 969. The second kappa shape index (κ2) is 11.8. The first-order valence-electron chi connectivity index (χ1n) is 11.5. The molecule has 0 spiro atoms. The molecular formula is C26H32Cl2N2O3. The molecule has 0 bridgehead atoms. The van der Waals surface area contributed by atoms with Crippen molar-refractivity contribution in [2.24, 2.45) is 0 Å². The van der Waals surface area contributed by atoms with Crippen molar-refractivity contribution in [3.8, 4) is 5.75 Å². The fraction of sp³-hybridized carbons (Fsp3) is 0.462. The van der Waals surface area contributed by atoms with Crippen molar-refractivity contribution in [1.29, 1.82) is 0 Å². The van der Waals surface area contributed by atoms with Crippen molar-refractivity contribution < 1.29 is 14.3 Å². The predicted molar refractivity (Wildman–Crippen MR) is 133 cm³/mol. The number of nitrogens with one attached hydrogen (secondary N) is 1. The van der Waals surface area contributed by atoms with Crippen LogP contribution in [0.4, 0.5) is 0 Å². The number of halogens is 2. The summed E-state index contributed by atoms with van der Waals surface area (Å²) in [6, 6.07) is 10.6. The van der Waals surface area contributed by atoms with E-state index in [4.69, 9.17) is 27.9 Å². The number of carbonyl (C=O) groups is 2. The van der Waals surface area contributed by atoms with E-state index in [9.17, 15) is 9.59 Å². The SMILES string of the molecule is Cc1cc(C)cc(OCC(=O)N(Cc2ccc(Cl)c(Cl)c2)[C@H](C)C(=O)NC2CCCCC2)c1. The summed E-state index contributed by atoms with van der Waals surface area (Å²) in [5, 5.41) is 3.98. The molecule has 3 rings (SSSR count). The number of ether oxygens (including phenoxy) is 1. The average molecular weight is 491 g/mol. The highest BCUT2D eigenvalue weighted by Crippen LogP contribution is 2.24. The Morgan fingerprint density at radius 3 is 2.33 bits per heavy atom. The van der Waals surface area contributed by atoms with Crippen molar-refractivity contribution in [2.45, 2.75) is 71.5 Å². The fourth-order valence-corrected chi connectivity index (χ4v) is 4.55. The molecule has 2 aromatic carbocycles. The van der Waals surface area contributed by atoms with Gasteiger partial charge in [0.1, 0.15) is 11.8 Å². The molecule has 1 N–H and O–H groups in total. The van der Waals surface area contributed by atoms with E-state index in [1.54, 1.807) is 24.0 Å². The van der Waals surface area contributed by atoms with Gasteiger partial charge in [0.25, 0.3) is 5.91 Å². The number of benzene rings is 2. The van der Waals surface area contributed by atoms with E-state index in [0.29, 0.717) is 15.8 Å². The van der Waals surface area contributed by atoms with Gasteiger partial charge in [0.2, 0.25) is 5.91 Å². The molecule has 7 heteroatoms. The van der Waals surface area contributed by atoms with E-state index < -0.39 is 6.04 Å². The molecule has 0 aromatic heterocycles. The average Bonchev–Trinajstić information content (AvgIpc) is 2.77. The molecule has 33 heavy (non-hydrogen) atoms. The molecule has 1 aliphatic rings. The smallest absolute Gasteiger partial charge is 0.261 e. The van der Waals surface area contributed by atoms with Crippen LogP contribution in [0.25, 0.3) is 0 Å². The summed E-state index contributed by atoms with van der Waals surface area (Å²) in [5.41, 5.74) is 2.91. The highest BCUT2D eigenvalue weighted by molar-refractivity contribution is 6.42. The first kappa shape index (κ1) is 25.4. The van der Waals surface area contributed by atoms with Crippen LogP contribution >= 0.6 is 23.2 Å².